The van der Waals surface area contributed by atoms with E-state index >= 15 is 0 Å². The van der Waals surface area contributed by atoms with Crippen molar-refractivity contribution in [3.63, 3.8) is 0 Å². The van der Waals surface area contributed by atoms with Gasteiger partial charge in [-0.15, -0.1) is 0 Å². The van der Waals surface area contributed by atoms with E-state index in [4.69, 9.17) is 15.1 Å². The van der Waals surface area contributed by atoms with E-state index in [2.05, 4.69) is 12.2 Å². The number of likely N-dealkylation sites (tertiary alicyclic amines) is 1. The second-order valence-corrected chi connectivity index (χ2v) is 5.85. The maximum atomic E-state index is 12.3. The first kappa shape index (κ1) is 20.0. The molecule has 0 saturated carbocycles. The number of nitrogens with zero attached hydrogens (tertiary/aromatic N) is 2. The summed E-state index contributed by atoms with van der Waals surface area (Å²) in [4.78, 5) is 24.7. The number of hydrogen-bond donors (Lipinski definition) is 2. The molecule has 0 aliphatic carbocycles. The molecule has 0 spiro atoms. The van der Waals surface area contributed by atoms with Gasteiger partial charge >= 0.3 is 5.97 Å². The fourth-order valence-electron chi connectivity index (χ4n) is 2.44. The van der Waals surface area contributed by atoms with Crippen LogP contribution in [0.1, 0.15) is 39.0 Å². The van der Waals surface area contributed by atoms with Crippen LogP contribution >= 0.6 is 0 Å². The zero-order valence-electron chi connectivity index (χ0n) is 14.3. The fraction of sp³-hybridized carbons (Fsp3) is 0.706. The Morgan fingerprint density at radius 3 is 2.58 bits per heavy atom. The molecule has 1 aliphatic heterocycles. The van der Waals surface area contributed by atoms with E-state index in [-0.39, 0.29) is 11.5 Å². The molecular formula is C17H27N3O4. The molecule has 1 saturated heterocycles. The number of hydrogen-bond acceptors (Lipinski definition) is 5. The fourth-order valence-corrected chi connectivity index (χ4v) is 2.44. The Labute approximate surface area is 143 Å². The van der Waals surface area contributed by atoms with Gasteiger partial charge in [-0.05, 0) is 25.7 Å². The molecular weight excluding hydrogens is 310 g/mol. The van der Waals surface area contributed by atoms with Crippen LogP contribution in [-0.2, 0) is 14.3 Å². The number of aliphatic carboxylic acids is 1. The van der Waals surface area contributed by atoms with Crippen LogP contribution in [0.2, 0.25) is 0 Å². The van der Waals surface area contributed by atoms with Crippen LogP contribution in [0.4, 0.5) is 0 Å². The number of piperidine rings is 1. The number of carboxylic acid groups (broad SMARTS) is 1. The predicted molar refractivity (Wildman–Crippen MR) is 89.0 cm³/mol. The van der Waals surface area contributed by atoms with Crippen LogP contribution in [0.3, 0.4) is 0 Å². The van der Waals surface area contributed by atoms with Gasteiger partial charge in [-0.1, -0.05) is 13.3 Å². The van der Waals surface area contributed by atoms with Crippen LogP contribution < -0.4 is 5.32 Å². The summed E-state index contributed by atoms with van der Waals surface area (Å²) in [5.74, 6) is -1.55. The van der Waals surface area contributed by atoms with E-state index in [1.807, 2.05) is 6.07 Å². The number of amides is 1. The Balaban J connectivity index is 2.31. The molecule has 7 nitrogen and oxygen atoms in total. The highest BCUT2D eigenvalue weighted by Gasteiger charge is 2.28. The highest BCUT2D eigenvalue weighted by Crippen LogP contribution is 2.18. The van der Waals surface area contributed by atoms with Crippen LogP contribution in [0.5, 0.6) is 0 Å². The molecule has 134 valence electrons. The van der Waals surface area contributed by atoms with Gasteiger partial charge in [0.1, 0.15) is 11.6 Å². The molecule has 1 heterocycles. The lowest BCUT2D eigenvalue weighted by molar-refractivity contribution is -0.145. The first-order valence-electron chi connectivity index (χ1n) is 8.53. The highest BCUT2D eigenvalue weighted by molar-refractivity contribution is 5.97. The molecule has 1 amide bonds. The molecule has 1 fully saturated rings. The number of carbonyl (C=O) groups is 2. The summed E-state index contributed by atoms with van der Waals surface area (Å²) in [6, 6.07) is 1.91. The van der Waals surface area contributed by atoms with Gasteiger partial charge in [-0.3, -0.25) is 9.59 Å². The predicted octanol–water partition coefficient (Wildman–Crippen LogP) is 1.51. The van der Waals surface area contributed by atoms with E-state index in [0.717, 1.165) is 25.9 Å². The SMILES string of the molecule is CCCCOCCCN/C=C(/C#N)C(=O)N1CCC(C(=O)O)CC1. The monoisotopic (exact) mass is 337 g/mol. The summed E-state index contributed by atoms with van der Waals surface area (Å²) in [5, 5.41) is 21.1. The quantitative estimate of drug-likeness (QED) is 0.356. The summed E-state index contributed by atoms with van der Waals surface area (Å²) in [6.45, 7) is 4.91. The summed E-state index contributed by atoms with van der Waals surface area (Å²) < 4.78 is 5.43. The largest absolute Gasteiger partial charge is 0.481 e. The van der Waals surface area contributed by atoms with Crippen molar-refractivity contribution < 1.29 is 19.4 Å². The smallest absolute Gasteiger partial charge is 0.306 e. The zero-order valence-corrected chi connectivity index (χ0v) is 14.3. The zero-order chi connectivity index (χ0) is 17.8. The lowest BCUT2D eigenvalue weighted by Gasteiger charge is -2.29. The van der Waals surface area contributed by atoms with Crippen LogP contribution in [0.25, 0.3) is 0 Å². The molecule has 0 unspecified atom stereocenters. The van der Waals surface area contributed by atoms with E-state index in [9.17, 15) is 9.59 Å². The Hall–Kier alpha value is -2.07. The first-order valence-corrected chi connectivity index (χ1v) is 8.53. The van der Waals surface area contributed by atoms with Gasteiger partial charge in [0.15, 0.2) is 0 Å². The molecule has 7 heteroatoms. The number of carboxylic acids is 1. The van der Waals surface area contributed by atoms with Gasteiger partial charge in [0.25, 0.3) is 5.91 Å². The van der Waals surface area contributed by atoms with Crippen molar-refractivity contribution in [1.82, 2.24) is 10.2 Å². The highest BCUT2D eigenvalue weighted by atomic mass is 16.5. The van der Waals surface area contributed by atoms with Gasteiger partial charge < -0.3 is 20.1 Å². The molecule has 24 heavy (non-hydrogen) atoms. The van der Waals surface area contributed by atoms with Gasteiger partial charge in [-0.25, -0.2) is 0 Å². The van der Waals surface area contributed by atoms with Crippen LogP contribution in [-0.4, -0.2) is 54.7 Å². The molecule has 1 rings (SSSR count). The van der Waals surface area contributed by atoms with Crippen molar-refractivity contribution in [2.75, 3.05) is 32.8 Å². The Kier molecular flexibility index (Phi) is 9.54. The third-order valence-electron chi connectivity index (χ3n) is 3.98. The van der Waals surface area contributed by atoms with E-state index in [1.54, 1.807) is 4.90 Å². The molecule has 0 aromatic rings. The van der Waals surface area contributed by atoms with Crippen molar-refractivity contribution in [2.24, 2.45) is 5.92 Å². The Bertz CT molecular complexity index is 477. The lowest BCUT2D eigenvalue weighted by Crippen LogP contribution is -2.41. The van der Waals surface area contributed by atoms with E-state index < -0.39 is 11.9 Å². The summed E-state index contributed by atoms with van der Waals surface area (Å²) in [6.07, 6.45) is 5.27. The Morgan fingerprint density at radius 1 is 1.33 bits per heavy atom. The molecule has 0 aromatic heterocycles. The minimum Gasteiger partial charge on any atom is -0.481 e. The maximum Gasteiger partial charge on any atom is 0.306 e. The standard InChI is InChI=1S/C17H27N3O4/c1-2-3-10-24-11-4-7-19-13-15(12-18)16(21)20-8-5-14(6-9-20)17(22)23/h13-14,19H,2-11H2,1H3,(H,22,23)/b15-13-. The minimum absolute atomic E-state index is 0.0516. The summed E-state index contributed by atoms with van der Waals surface area (Å²) >= 11 is 0. The topological polar surface area (TPSA) is 103 Å². The molecule has 0 atom stereocenters. The third kappa shape index (κ3) is 7.01. The second kappa shape index (κ2) is 11.5. The summed E-state index contributed by atoms with van der Waals surface area (Å²) in [5.41, 5.74) is 0.0516. The van der Waals surface area contributed by atoms with Gasteiger partial charge in [-0.2, -0.15) is 5.26 Å². The number of nitriles is 1. The Morgan fingerprint density at radius 2 is 2.00 bits per heavy atom. The van der Waals surface area contributed by atoms with E-state index in [1.165, 1.54) is 6.20 Å². The number of ether oxygens (including phenoxy) is 1. The molecule has 2 N–H and O–H groups in total. The van der Waals surface area contributed by atoms with Gasteiger partial charge in [0, 0.05) is 39.0 Å². The van der Waals surface area contributed by atoms with Gasteiger partial charge in [0.05, 0.1) is 5.92 Å². The average Bonchev–Trinajstić information content (AvgIpc) is 2.60. The summed E-state index contributed by atoms with van der Waals surface area (Å²) in [7, 11) is 0. The van der Waals surface area contributed by atoms with E-state index in [0.29, 0.717) is 39.1 Å². The van der Waals surface area contributed by atoms with Crippen molar-refractivity contribution >= 4 is 11.9 Å². The molecule has 0 radical (unpaired) electrons. The number of rotatable bonds is 10. The average molecular weight is 337 g/mol. The van der Waals surface area contributed by atoms with Crippen LogP contribution in [0, 0.1) is 17.2 Å². The first-order chi connectivity index (χ1) is 11.6. The minimum atomic E-state index is -0.819. The van der Waals surface area contributed by atoms with Crippen molar-refractivity contribution in [3.8, 4) is 6.07 Å². The number of nitrogens with one attached hydrogen (secondary N) is 1. The number of unbranched alkanes of at least 4 members (excludes halogenated alkanes) is 1. The maximum absolute atomic E-state index is 12.3. The lowest BCUT2D eigenvalue weighted by atomic mass is 9.97. The van der Waals surface area contributed by atoms with Crippen molar-refractivity contribution in [1.29, 1.82) is 5.26 Å². The molecule has 0 aromatic carbocycles. The second-order valence-electron chi connectivity index (χ2n) is 5.85. The van der Waals surface area contributed by atoms with Crippen molar-refractivity contribution in [2.45, 2.75) is 39.0 Å². The number of carbonyl (C=O) groups excluding carboxylic acids is 1. The van der Waals surface area contributed by atoms with Gasteiger partial charge in [0.2, 0.25) is 0 Å². The third-order valence-corrected chi connectivity index (χ3v) is 3.98. The normalized spacial score (nSPS) is 15.8. The van der Waals surface area contributed by atoms with Crippen LogP contribution in [0.15, 0.2) is 11.8 Å². The molecule has 0 bridgehead atoms. The molecule has 1 aliphatic rings. The van der Waals surface area contributed by atoms with Crippen molar-refractivity contribution in [3.05, 3.63) is 11.8 Å².